The summed E-state index contributed by atoms with van der Waals surface area (Å²) in [4.78, 5) is 2.35. The van der Waals surface area contributed by atoms with Gasteiger partial charge in [-0.1, -0.05) is 153 Å². The minimum atomic E-state index is -0.273. The zero-order valence-electron chi connectivity index (χ0n) is 33.5. The second kappa shape index (κ2) is 14.1. The molecular weight excluding hydrogens is 732 g/mol. The SMILES string of the molecule is CC1(C)c2cc(-c3ccc(N(c4ccccc4)c4cccc5ccccc45)cc3)ccc2-c2cc3c(-c4ccccc4)c(-c4ccccc4)n(-c4ccc(F)cc4)c3cc21. The summed E-state index contributed by atoms with van der Waals surface area (Å²) in [6.07, 6.45) is 0. The van der Waals surface area contributed by atoms with Crippen LogP contribution in [0.25, 0.3) is 72.0 Å². The van der Waals surface area contributed by atoms with Gasteiger partial charge < -0.3 is 9.47 Å². The molecule has 0 unspecified atom stereocenters. The zero-order chi connectivity index (χ0) is 40.4. The summed E-state index contributed by atoms with van der Waals surface area (Å²) in [5.74, 6) is -0.249. The van der Waals surface area contributed by atoms with Crippen LogP contribution in [0.4, 0.5) is 21.5 Å². The monoisotopic (exact) mass is 772 g/mol. The Hall–Kier alpha value is -7.49. The third kappa shape index (κ3) is 5.77. The number of rotatable bonds is 7. The average Bonchev–Trinajstić information content (AvgIpc) is 3.75. The fourth-order valence-electron chi connectivity index (χ4n) is 9.53. The van der Waals surface area contributed by atoms with Crippen LogP contribution >= 0.6 is 0 Å². The summed E-state index contributed by atoms with van der Waals surface area (Å²) < 4.78 is 16.8. The summed E-state index contributed by atoms with van der Waals surface area (Å²) in [5.41, 5.74) is 17.1. The molecule has 1 aromatic heterocycles. The number of benzene rings is 9. The molecule has 11 rings (SSSR count). The summed E-state index contributed by atoms with van der Waals surface area (Å²) >= 11 is 0. The normalized spacial score (nSPS) is 12.7. The maximum absolute atomic E-state index is 14.4. The van der Waals surface area contributed by atoms with Gasteiger partial charge >= 0.3 is 0 Å². The van der Waals surface area contributed by atoms with Gasteiger partial charge in [0.1, 0.15) is 5.82 Å². The highest BCUT2D eigenvalue weighted by Gasteiger charge is 2.37. The van der Waals surface area contributed by atoms with E-state index in [2.05, 4.69) is 211 Å². The van der Waals surface area contributed by atoms with Crippen LogP contribution in [0.1, 0.15) is 25.0 Å². The molecule has 2 nitrogen and oxygen atoms in total. The predicted octanol–water partition coefficient (Wildman–Crippen LogP) is 15.7. The van der Waals surface area contributed by atoms with E-state index in [1.807, 2.05) is 12.1 Å². The molecule has 0 radical (unpaired) electrons. The van der Waals surface area contributed by atoms with Gasteiger partial charge in [0.15, 0.2) is 0 Å². The Morgan fingerprint density at radius 1 is 0.450 bits per heavy atom. The Morgan fingerprint density at radius 2 is 1.05 bits per heavy atom. The van der Waals surface area contributed by atoms with Gasteiger partial charge in [-0.25, -0.2) is 4.39 Å². The van der Waals surface area contributed by atoms with Gasteiger partial charge in [0.2, 0.25) is 0 Å². The topological polar surface area (TPSA) is 8.17 Å². The highest BCUT2D eigenvalue weighted by Crippen LogP contribution is 2.53. The van der Waals surface area contributed by atoms with Crippen LogP contribution < -0.4 is 4.90 Å². The molecule has 0 N–H and O–H groups in total. The zero-order valence-corrected chi connectivity index (χ0v) is 33.5. The maximum atomic E-state index is 14.4. The predicted molar refractivity (Wildman–Crippen MR) is 249 cm³/mol. The largest absolute Gasteiger partial charge is 0.310 e. The van der Waals surface area contributed by atoms with E-state index in [1.165, 1.54) is 55.1 Å². The standard InChI is InChI=1S/C57H41FN2/c1-57(2)51-35-42(38-25-30-45(31-26-38)59(44-21-10-5-11-22-44)53-24-14-20-39-15-12-13-23-47(39)53)27-34-48(51)49-36-50-54(37-52(49)57)60(46-32-28-43(58)29-33-46)56(41-18-8-4-9-19-41)55(50)40-16-6-3-7-17-40/h3-37H,1-2H3. The minimum Gasteiger partial charge on any atom is -0.310 e. The van der Waals surface area contributed by atoms with Crippen molar-refractivity contribution in [1.82, 2.24) is 4.57 Å². The van der Waals surface area contributed by atoms with E-state index in [0.29, 0.717) is 0 Å². The molecule has 3 heteroatoms. The van der Waals surface area contributed by atoms with E-state index in [4.69, 9.17) is 0 Å². The van der Waals surface area contributed by atoms with Crippen LogP contribution in [0.3, 0.4) is 0 Å². The van der Waals surface area contributed by atoms with E-state index < -0.39 is 0 Å². The van der Waals surface area contributed by atoms with Crippen LogP contribution in [0.5, 0.6) is 0 Å². The van der Waals surface area contributed by atoms with Gasteiger partial charge in [-0.15, -0.1) is 0 Å². The van der Waals surface area contributed by atoms with Crippen molar-refractivity contribution in [1.29, 1.82) is 0 Å². The molecule has 0 saturated carbocycles. The molecular formula is C57H41FN2. The van der Waals surface area contributed by atoms with Crippen LogP contribution in [0.2, 0.25) is 0 Å². The first kappa shape index (κ1) is 35.7. The van der Waals surface area contributed by atoms with Crippen LogP contribution in [-0.4, -0.2) is 4.57 Å². The van der Waals surface area contributed by atoms with Crippen molar-refractivity contribution in [2.24, 2.45) is 0 Å². The second-order valence-corrected chi connectivity index (χ2v) is 16.3. The maximum Gasteiger partial charge on any atom is 0.123 e. The molecule has 1 aliphatic carbocycles. The number of nitrogens with zero attached hydrogens (tertiary/aromatic N) is 2. The van der Waals surface area contributed by atoms with Crippen molar-refractivity contribution < 1.29 is 4.39 Å². The molecule has 1 aliphatic rings. The third-order valence-electron chi connectivity index (χ3n) is 12.4. The Kier molecular flexibility index (Phi) is 8.38. The Morgan fingerprint density at radius 3 is 1.78 bits per heavy atom. The van der Waals surface area contributed by atoms with Crippen molar-refractivity contribution in [3.63, 3.8) is 0 Å². The lowest BCUT2D eigenvalue weighted by Crippen LogP contribution is -2.15. The molecule has 0 saturated heterocycles. The highest BCUT2D eigenvalue weighted by atomic mass is 19.1. The van der Waals surface area contributed by atoms with Crippen LogP contribution in [0, 0.1) is 5.82 Å². The van der Waals surface area contributed by atoms with E-state index in [0.717, 1.165) is 45.1 Å². The Labute approximate surface area is 350 Å². The van der Waals surface area contributed by atoms with Gasteiger partial charge in [0, 0.05) is 38.8 Å². The molecule has 9 aromatic carbocycles. The van der Waals surface area contributed by atoms with Crippen LogP contribution in [-0.2, 0) is 5.41 Å². The molecule has 10 aromatic rings. The summed E-state index contributed by atoms with van der Waals surface area (Å²) in [6.45, 7) is 4.69. The van der Waals surface area contributed by atoms with Gasteiger partial charge in [0.25, 0.3) is 0 Å². The molecule has 0 aliphatic heterocycles. The van der Waals surface area contributed by atoms with E-state index in [-0.39, 0.29) is 11.2 Å². The Bertz CT molecular complexity index is 3200. The van der Waals surface area contributed by atoms with Crippen molar-refractivity contribution in [2.45, 2.75) is 19.3 Å². The first-order valence-corrected chi connectivity index (χ1v) is 20.6. The van der Waals surface area contributed by atoms with E-state index in [1.54, 1.807) is 12.1 Å². The first-order valence-electron chi connectivity index (χ1n) is 20.6. The number of hydrogen-bond donors (Lipinski definition) is 0. The first-order chi connectivity index (χ1) is 29.4. The lowest BCUT2D eigenvalue weighted by atomic mass is 9.81. The van der Waals surface area contributed by atoms with Gasteiger partial charge in [-0.3, -0.25) is 0 Å². The lowest BCUT2D eigenvalue weighted by Gasteiger charge is -2.27. The Balaban J connectivity index is 1.05. The fraction of sp³-hybridized carbons (Fsp3) is 0.0526. The van der Waals surface area contributed by atoms with Crippen molar-refractivity contribution >= 4 is 38.7 Å². The lowest BCUT2D eigenvalue weighted by molar-refractivity contribution is 0.627. The van der Waals surface area contributed by atoms with Gasteiger partial charge in [-0.05, 0) is 123 Å². The molecule has 0 atom stereocenters. The summed E-state index contributed by atoms with van der Waals surface area (Å²) in [7, 11) is 0. The van der Waals surface area contributed by atoms with Crippen molar-refractivity contribution in [3.8, 4) is 50.3 Å². The number of fused-ring (bicyclic) bond motifs is 5. The highest BCUT2D eigenvalue weighted by molar-refractivity contribution is 6.09. The number of hydrogen-bond acceptors (Lipinski definition) is 1. The number of anilines is 3. The molecule has 60 heavy (non-hydrogen) atoms. The minimum absolute atomic E-state index is 0.249. The van der Waals surface area contributed by atoms with Gasteiger partial charge in [-0.2, -0.15) is 0 Å². The molecule has 0 amide bonds. The average molecular weight is 773 g/mol. The quantitative estimate of drug-likeness (QED) is 0.157. The number of aromatic nitrogens is 1. The molecule has 0 bridgehead atoms. The smallest absolute Gasteiger partial charge is 0.123 e. The summed E-state index contributed by atoms with van der Waals surface area (Å²) in [5, 5.41) is 3.59. The third-order valence-corrected chi connectivity index (χ3v) is 12.4. The molecule has 286 valence electrons. The van der Waals surface area contributed by atoms with Crippen molar-refractivity contribution in [2.75, 3.05) is 4.90 Å². The van der Waals surface area contributed by atoms with Crippen LogP contribution in [0.15, 0.2) is 212 Å². The summed E-state index contributed by atoms with van der Waals surface area (Å²) in [6, 6.07) is 74.7. The van der Waals surface area contributed by atoms with E-state index in [9.17, 15) is 4.39 Å². The molecule has 1 heterocycles. The number of para-hydroxylation sites is 1. The number of halogens is 1. The van der Waals surface area contributed by atoms with Gasteiger partial charge in [0.05, 0.1) is 16.9 Å². The molecule has 0 spiro atoms. The second-order valence-electron chi connectivity index (χ2n) is 16.3. The fourth-order valence-corrected chi connectivity index (χ4v) is 9.53. The van der Waals surface area contributed by atoms with Crippen molar-refractivity contribution in [3.05, 3.63) is 229 Å². The van der Waals surface area contributed by atoms with E-state index >= 15 is 0 Å². The molecule has 0 fully saturated rings.